The lowest BCUT2D eigenvalue weighted by Crippen LogP contribution is -2.26. The maximum absolute atomic E-state index is 11.8. The molecule has 0 aliphatic carbocycles. The molecule has 0 aliphatic heterocycles. The third kappa shape index (κ3) is 8.76. The van der Waals surface area contributed by atoms with Crippen molar-refractivity contribution in [3.8, 4) is 5.75 Å². The van der Waals surface area contributed by atoms with Crippen molar-refractivity contribution in [3.63, 3.8) is 0 Å². The van der Waals surface area contributed by atoms with Gasteiger partial charge in [0.05, 0.1) is 18.6 Å². The SMILES string of the molecule is CCC(C)(C)C(=O)OCCCCCCOc1ccc(/C=C/C(=O)O)cc1C. The Bertz CT molecular complexity index is 646. The Balaban J connectivity index is 2.20. The predicted octanol–water partition coefficient (Wildman–Crippen LogP) is 5.01. The van der Waals surface area contributed by atoms with Gasteiger partial charge in [0.2, 0.25) is 0 Å². The largest absolute Gasteiger partial charge is 0.493 e. The molecule has 0 saturated heterocycles. The number of carbonyl (C=O) groups excluding carboxylic acids is 1. The summed E-state index contributed by atoms with van der Waals surface area (Å²) in [5, 5.41) is 8.66. The van der Waals surface area contributed by atoms with E-state index in [9.17, 15) is 9.59 Å². The zero-order chi connectivity index (χ0) is 20.3. The first-order chi connectivity index (χ1) is 12.8. The summed E-state index contributed by atoms with van der Waals surface area (Å²) in [4.78, 5) is 22.4. The van der Waals surface area contributed by atoms with Crippen LogP contribution in [0.3, 0.4) is 0 Å². The number of hydrogen-bond acceptors (Lipinski definition) is 4. The smallest absolute Gasteiger partial charge is 0.328 e. The maximum atomic E-state index is 11.8. The van der Waals surface area contributed by atoms with Gasteiger partial charge in [-0.2, -0.15) is 0 Å². The van der Waals surface area contributed by atoms with E-state index in [4.69, 9.17) is 14.6 Å². The summed E-state index contributed by atoms with van der Waals surface area (Å²) in [6.07, 6.45) is 7.29. The Morgan fingerprint density at radius 2 is 1.78 bits per heavy atom. The van der Waals surface area contributed by atoms with Crippen molar-refractivity contribution in [1.82, 2.24) is 0 Å². The third-order valence-corrected chi connectivity index (χ3v) is 4.58. The molecule has 0 heterocycles. The van der Waals surface area contributed by atoms with Crippen LogP contribution in [-0.4, -0.2) is 30.3 Å². The number of esters is 1. The fraction of sp³-hybridized carbons (Fsp3) is 0.545. The average Bonchev–Trinajstić information content (AvgIpc) is 2.63. The summed E-state index contributed by atoms with van der Waals surface area (Å²) in [5.74, 6) is -0.263. The number of benzene rings is 1. The molecule has 0 unspecified atom stereocenters. The van der Waals surface area contributed by atoms with Crippen LogP contribution >= 0.6 is 0 Å². The molecular weight excluding hydrogens is 344 g/mol. The van der Waals surface area contributed by atoms with Crippen LogP contribution in [0.25, 0.3) is 6.08 Å². The van der Waals surface area contributed by atoms with Gasteiger partial charge in [0.1, 0.15) is 5.75 Å². The van der Waals surface area contributed by atoms with Crippen molar-refractivity contribution < 1.29 is 24.2 Å². The lowest BCUT2D eigenvalue weighted by atomic mass is 9.91. The molecule has 0 amide bonds. The van der Waals surface area contributed by atoms with E-state index in [-0.39, 0.29) is 5.97 Å². The molecule has 0 radical (unpaired) electrons. The van der Waals surface area contributed by atoms with Crippen molar-refractivity contribution in [2.45, 2.75) is 59.8 Å². The Kier molecular flexibility index (Phi) is 9.62. The van der Waals surface area contributed by atoms with E-state index < -0.39 is 11.4 Å². The Hall–Kier alpha value is -2.30. The first-order valence-corrected chi connectivity index (χ1v) is 9.58. The molecule has 0 spiro atoms. The second-order valence-electron chi connectivity index (χ2n) is 7.33. The molecule has 0 bridgehead atoms. The van der Waals surface area contributed by atoms with Crippen LogP contribution < -0.4 is 4.74 Å². The Labute approximate surface area is 162 Å². The van der Waals surface area contributed by atoms with Gasteiger partial charge >= 0.3 is 11.9 Å². The van der Waals surface area contributed by atoms with Crippen LogP contribution in [0.15, 0.2) is 24.3 Å². The normalized spacial score (nSPS) is 11.6. The number of aliphatic carboxylic acids is 1. The molecule has 1 N–H and O–H groups in total. The fourth-order valence-corrected chi connectivity index (χ4v) is 2.35. The highest BCUT2D eigenvalue weighted by atomic mass is 16.5. The number of unbranched alkanes of at least 4 members (excludes halogenated alkanes) is 3. The van der Waals surface area contributed by atoms with Crippen molar-refractivity contribution >= 4 is 18.0 Å². The molecule has 0 aromatic heterocycles. The Morgan fingerprint density at radius 3 is 2.37 bits per heavy atom. The molecule has 1 aromatic carbocycles. The number of carboxylic acid groups (broad SMARTS) is 1. The molecule has 1 rings (SSSR count). The second kappa shape index (κ2) is 11.4. The molecule has 150 valence electrons. The number of carboxylic acids is 1. The van der Waals surface area contributed by atoms with Crippen molar-refractivity contribution in [2.75, 3.05) is 13.2 Å². The molecule has 5 heteroatoms. The highest BCUT2D eigenvalue weighted by Gasteiger charge is 2.26. The van der Waals surface area contributed by atoms with Crippen LogP contribution in [-0.2, 0) is 14.3 Å². The molecule has 0 aliphatic rings. The van der Waals surface area contributed by atoms with Crippen molar-refractivity contribution in [3.05, 3.63) is 35.4 Å². The van der Waals surface area contributed by atoms with Gasteiger partial charge in [-0.3, -0.25) is 4.79 Å². The van der Waals surface area contributed by atoms with E-state index in [2.05, 4.69) is 0 Å². The van der Waals surface area contributed by atoms with Crippen LogP contribution in [0.5, 0.6) is 5.75 Å². The minimum Gasteiger partial charge on any atom is -0.493 e. The lowest BCUT2D eigenvalue weighted by Gasteiger charge is -2.20. The molecule has 0 saturated carbocycles. The summed E-state index contributed by atoms with van der Waals surface area (Å²) >= 11 is 0. The lowest BCUT2D eigenvalue weighted by molar-refractivity contribution is -0.154. The first kappa shape index (κ1) is 22.7. The molecule has 0 fully saturated rings. The highest BCUT2D eigenvalue weighted by Crippen LogP contribution is 2.22. The van der Waals surface area contributed by atoms with Gasteiger partial charge in [-0.05, 0) is 82.2 Å². The minimum atomic E-state index is -0.961. The van der Waals surface area contributed by atoms with E-state index in [0.717, 1.165) is 55.1 Å². The first-order valence-electron chi connectivity index (χ1n) is 9.58. The van der Waals surface area contributed by atoms with Gasteiger partial charge in [-0.1, -0.05) is 13.0 Å². The minimum absolute atomic E-state index is 0.120. The fourth-order valence-electron chi connectivity index (χ4n) is 2.35. The summed E-state index contributed by atoms with van der Waals surface area (Å²) in [7, 11) is 0. The number of carbonyl (C=O) groups is 2. The molecular formula is C22H32O5. The average molecular weight is 376 g/mol. The van der Waals surface area contributed by atoms with Crippen molar-refractivity contribution in [2.24, 2.45) is 5.41 Å². The van der Waals surface area contributed by atoms with E-state index in [1.807, 2.05) is 45.9 Å². The summed E-state index contributed by atoms with van der Waals surface area (Å²) < 4.78 is 11.1. The summed E-state index contributed by atoms with van der Waals surface area (Å²) in [6.45, 7) is 8.86. The van der Waals surface area contributed by atoms with Gasteiger partial charge in [0.25, 0.3) is 0 Å². The van der Waals surface area contributed by atoms with Gasteiger partial charge in [-0.15, -0.1) is 0 Å². The van der Waals surface area contributed by atoms with E-state index in [0.29, 0.717) is 13.2 Å². The number of aryl methyl sites for hydroxylation is 1. The summed E-state index contributed by atoms with van der Waals surface area (Å²) in [6, 6.07) is 5.61. The zero-order valence-corrected chi connectivity index (χ0v) is 16.9. The highest BCUT2D eigenvalue weighted by molar-refractivity contribution is 5.85. The van der Waals surface area contributed by atoms with Gasteiger partial charge < -0.3 is 14.6 Å². The Morgan fingerprint density at radius 1 is 1.11 bits per heavy atom. The van der Waals surface area contributed by atoms with Crippen LogP contribution in [0, 0.1) is 12.3 Å². The molecule has 0 atom stereocenters. The maximum Gasteiger partial charge on any atom is 0.328 e. The van der Waals surface area contributed by atoms with Crippen LogP contribution in [0.1, 0.15) is 64.0 Å². The zero-order valence-electron chi connectivity index (χ0n) is 16.9. The number of hydrogen-bond donors (Lipinski definition) is 1. The van der Waals surface area contributed by atoms with Gasteiger partial charge in [-0.25, -0.2) is 4.79 Å². The summed E-state index contributed by atoms with van der Waals surface area (Å²) in [5.41, 5.74) is 1.42. The standard InChI is InChI=1S/C22H32O5/c1-5-22(3,4)21(25)27-15-9-7-6-8-14-26-19-12-10-18(16-17(19)2)11-13-20(23)24/h10-13,16H,5-9,14-15H2,1-4H3,(H,23,24)/b13-11+. The monoisotopic (exact) mass is 376 g/mol. The predicted molar refractivity (Wildman–Crippen MR) is 107 cm³/mol. The topological polar surface area (TPSA) is 72.8 Å². The van der Waals surface area contributed by atoms with Gasteiger partial charge in [0.15, 0.2) is 0 Å². The molecule has 1 aromatic rings. The third-order valence-electron chi connectivity index (χ3n) is 4.58. The van der Waals surface area contributed by atoms with Crippen molar-refractivity contribution in [1.29, 1.82) is 0 Å². The second-order valence-corrected chi connectivity index (χ2v) is 7.33. The molecule has 5 nitrogen and oxygen atoms in total. The van der Waals surface area contributed by atoms with Crippen LogP contribution in [0.2, 0.25) is 0 Å². The molecule has 27 heavy (non-hydrogen) atoms. The van der Waals surface area contributed by atoms with Gasteiger partial charge in [0, 0.05) is 6.08 Å². The quantitative estimate of drug-likeness (QED) is 0.315. The van der Waals surface area contributed by atoms with E-state index >= 15 is 0 Å². The number of ether oxygens (including phenoxy) is 2. The van der Waals surface area contributed by atoms with E-state index in [1.54, 1.807) is 6.08 Å². The van der Waals surface area contributed by atoms with Crippen LogP contribution in [0.4, 0.5) is 0 Å². The van der Waals surface area contributed by atoms with E-state index in [1.165, 1.54) is 0 Å². The number of rotatable bonds is 12.